The molecule has 2 N–H and O–H groups in total. The SMILES string of the molecule is COc1cc([C@H]2CC(=O)Nc3nc(SCc4ccccc4C)[nH]c(=O)c32)ccc1OC(C)C. The number of ether oxygens (including phenoxy) is 2. The molecule has 0 radical (unpaired) electrons. The number of carbonyl (C=O) groups excluding carboxylic acids is 1. The summed E-state index contributed by atoms with van der Waals surface area (Å²) in [5.41, 5.74) is 3.35. The van der Waals surface area contributed by atoms with Gasteiger partial charge in [0, 0.05) is 18.1 Å². The van der Waals surface area contributed by atoms with Gasteiger partial charge in [0.15, 0.2) is 16.7 Å². The molecular weight excluding hydrogens is 438 g/mol. The Labute approximate surface area is 196 Å². The van der Waals surface area contributed by atoms with Crippen molar-refractivity contribution >= 4 is 23.5 Å². The summed E-state index contributed by atoms with van der Waals surface area (Å²) in [6, 6.07) is 13.6. The average Bonchev–Trinajstić information content (AvgIpc) is 2.77. The molecule has 0 aliphatic carbocycles. The van der Waals surface area contributed by atoms with Crippen LogP contribution in [0, 0.1) is 6.92 Å². The number of H-pyrrole nitrogens is 1. The van der Waals surface area contributed by atoms with E-state index in [1.807, 2.05) is 44.2 Å². The zero-order valence-corrected chi connectivity index (χ0v) is 19.9. The molecule has 0 saturated carbocycles. The fraction of sp³-hybridized carbons (Fsp3) is 0.320. The normalized spacial score (nSPS) is 15.2. The molecule has 1 aromatic heterocycles. The second kappa shape index (κ2) is 9.70. The molecule has 0 saturated heterocycles. The van der Waals surface area contributed by atoms with E-state index < -0.39 is 5.92 Å². The van der Waals surface area contributed by atoms with Gasteiger partial charge in [-0.25, -0.2) is 4.98 Å². The number of thioether (sulfide) groups is 1. The fourth-order valence-electron chi connectivity index (χ4n) is 3.87. The van der Waals surface area contributed by atoms with Crippen LogP contribution in [0.1, 0.15) is 48.4 Å². The van der Waals surface area contributed by atoms with Crippen molar-refractivity contribution in [2.24, 2.45) is 0 Å². The highest BCUT2D eigenvalue weighted by molar-refractivity contribution is 7.98. The Kier molecular flexibility index (Phi) is 6.74. The number of nitrogens with one attached hydrogen (secondary N) is 2. The van der Waals surface area contributed by atoms with Gasteiger partial charge in [-0.3, -0.25) is 9.59 Å². The lowest BCUT2D eigenvalue weighted by Gasteiger charge is -2.25. The fourth-order valence-corrected chi connectivity index (χ4v) is 4.81. The Balaban J connectivity index is 1.66. The minimum absolute atomic E-state index is 0.00595. The van der Waals surface area contributed by atoms with E-state index in [1.54, 1.807) is 7.11 Å². The molecule has 7 nitrogen and oxygen atoms in total. The van der Waals surface area contributed by atoms with Crippen LogP contribution >= 0.6 is 11.8 Å². The van der Waals surface area contributed by atoms with E-state index >= 15 is 0 Å². The molecule has 1 amide bonds. The molecule has 0 unspecified atom stereocenters. The first-order chi connectivity index (χ1) is 15.9. The standard InChI is InChI=1S/C25H27N3O4S/c1-14(2)32-19-10-9-16(11-20(19)31-4)18-12-21(29)26-23-22(18)24(30)28-25(27-23)33-13-17-8-6-5-7-15(17)3/h5-11,14,18H,12-13H2,1-4H3,(H2,26,27,28,29,30)/t18-/m1/s1. The van der Waals surface area contributed by atoms with Crippen molar-refractivity contribution < 1.29 is 14.3 Å². The van der Waals surface area contributed by atoms with Crippen LogP contribution in [-0.4, -0.2) is 29.1 Å². The summed E-state index contributed by atoms with van der Waals surface area (Å²) in [6.45, 7) is 5.93. The number of hydrogen-bond donors (Lipinski definition) is 2. The van der Waals surface area contributed by atoms with Gasteiger partial charge >= 0.3 is 0 Å². The Morgan fingerprint density at radius 2 is 1.94 bits per heavy atom. The summed E-state index contributed by atoms with van der Waals surface area (Å²) in [6.07, 6.45) is 0.148. The van der Waals surface area contributed by atoms with Crippen molar-refractivity contribution in [3.05, 3.63) is 75.1 Å². The third-order valence-corrected chi connectivity index (χ3v) is 6.43. The van der Waals surface area contributed by atoms with Crippen LogP contribution in [0.2, 0.25) is 0 Å². The minimum atomic E-state index is -0.428. The van der Waals surface area contributed by atoms with Crippen LogP contribution in [0.15, 0.2) is 52.4 Å². The Hall–Kier alpha value is -3.26. The molecule has 33 heavy (non-hydrogen) atoms. The average molecular weight is 466 g/mol. The number of rotatable bonds is 7. The largest absolute Gasteiger partial charge is 0.493 e. The second-order valence-corrected chi connectivity index (χ2v) is 9.19. The van der Waals surface area contributed by atoms with Crippen molar-refractivity contribution in [1.29, 1.82) is 0 Å². The van der Waals surface area contributed by atoms with E-state index in [-0.39, 0.29) is 24.0 Å². The second-order valence-electron chi connectivity index (χ2n) is 8.23. The minimum Gasteiger partial charge on any atom is -0.493 e. The predicted octanol–water partition coefficient (Wildman–Crippen LogP) is 4.64. The number of aryl methyl sites for hydroxylation is 1. The highest BCUT2D eigenvalue weighted by Crippen LogP contribution is 2.38. The summed E-state index contributed by atoms with van der Waals surface area (Å²) < 4.78 is 11.3. The molecule has 2 heterocycles. The van der Waals surface area contributed by atoms with Gasteiger partial charge in [0.25, 0.3) is 5.56 Å². The number of hydrogen-bond acceptors (Lipinski definition) is 6. The van der Waals surface area contributed by atoms with Gasteiger partial charge < -0.3 is 19.8 Å². The number of anilines is 1. The van der Waals surface area contributed by atoms with Crippen molar-refractivity contribution in [3.63, 3.8) is 0 Å². The Bertz CT molecular complexity index is 1240. The first-order valence-electron chi connectivity index (χ1n) is 10.8. The summed E-state index contributed by atoms with van der Waals surface area (Å²) in [5.74, 6) is 1.55. The Morgan fingerprint density at radius 1 is 1.15 bits per heavy atom. The van der Waals surface area contributed by atoms with Crippen molar-refractivity contribution in [2.75, 3.05) is 12.4 Å². The summed E-state index contributed by atoms with van der Waals surface area (Å²) in [4.78, 5) is 33.1. The highest BCUT2D eigenvalue weighted by atomic mass is 32.2. The Morgan fingerprint density at radius 3 is 2.67 bits per heavy atom. The monoisotopic (exact) mass is 465 g/mol. The van der Waals surface area contributed by atoms with E-state index in [4.69, 9.17) is 9.47 Å². The van der Waals surface area contributed by atoms with Crippen LogP contribution in [0.3, 0.4) is 0 Å². The van der Waals surface area contributed by atoms with E-state index in [9.17, 15) is 9.59 Å². The zero-order chi connectivity index (χ0) is 23.5. The van der Waals surface area contributed by atoms with Gasteiger partial charge in [-0.1, -0.05) is 42.1 Å². The van der Waals surface area contributed by atoms with Crippen LogP contribution < -0.4 is 20.3 Å². The number of amides is 1. The first kappa shape index (κ1) is 22.9. The number of nitrogens with zero attached hydrogens (tertiary/aromatic N) is 1. The maximum Gasteiger partial charge on any atom is 0.257 e. The highest BCUT2D eigenvalue weighted by Gasteiger charge is 2.31. The summed E-state index contributed by atoms with van der Waals surface area (Å²) >= 11 is 1.43. The lowest BCUT2D eigenvalue weighted by molar-refractivity contribution is -0.116. The molecular formula is C25H27N3O4S. The van der Waals surface area contributed by atoms with Gasteiger partial charge in [-0.15, -0.1) is 0 Å². The third kappa shape index (κ3) is 5.06. The quantitative estimate of drug-likeness (QED) is 0.390. The lowest BCUT2D eigenvalue weighted by atomic mass is 9.86. The molecule has 1 aliphatic rings. The first-order valence-corrected chi connectivity index (χ1v) is 11.8. The molecule has 0 spiro atoms. The van der Waals surface area contributed by atoms with E-state index in [2.05, 4.69) is 34.3 Å². The number of benzene rings is 2. The predicted molar refractivity (Wildman–Crippen MR) is 129 cm³/mol. The van der Waals surface area contributed by atoms with E-state index in [0.29, 0.717) is 33.8 Å². The molecule has 172 valence electrons. The maximum absolute atomic E-state index is 13.1. The van der Waals surface area contributed by atoms with E-state index in [0.717, 1.165) is 5.56 Å². The lowest BCUT2D eigenvalue weighted by Crippen LogP contribution is -2.31. The van der Waals surface area contributed by atoms with E-state index in [1.165, 1.54) is 22.9 Å². The van der Waals surface area contributed by atoms with Gasteiger partial charge in [-0.05, 0) is 49.6 Å². The molecule has 3 aromatic rings. The zero-order valence-electron chi connectivity index (χ0n) is 19.1. The molecule has 1 atom stereocenters. The van der Waals surface area contributed by atoms with Crippen molar-refractivity contribution in [2.45, 2.75) is 50.1 Å². The van der Waals surface area contributed by atoms with Gasteiger partial charge in [-0.2, -0.15) is 0 Å². The van der Waals surface area contributed by atoms with Crippen LogP contribution in [0.5, 0.6) is 11.5 Å². The van der Waals surface area contributed by atoms with Crippen LogP contribution in [0.25, 0.3) is 0 Å². The van der Waals surface area contributed by atoms with Gasteiger partial charge in [0.2, 0.25) is 5.91 Å². The van der Waals surface area contributed by atoms with Gasteiger partial charge in [0.1, 0.15) is 5.82 Å². The molecule has 0 bridgehead atoms. The number of methoxy groups -OCH3 is 1. The molecule has 4 rings (SSSR count). The third-order valence-electron chi connectivity index (χ3n) is 5.51. The van der Waals surface area contributed by atoms with Crippen molar-refractivity contribution in [3.8, 4) is 11.5 Å². The summed E-state index contributed by atoms with van der Waals surface area (Å²) in [5, 5.41) is 3.25. The number of fused-ring (bicyclic) bond motifs is 1. The molecule has 2 aromatic carbocycles. The molecule has 0 fully saturated rings. The van der Waals surface area contributed by atoms with Gasteiger partial charge in [0.05, 0.1) is 18.8 Å². The van der Waals surface area contributed by atoms with Crippen molar-refractivity contribution in [1.82, 2.24) is 9.97 Å². The smallest absolute Gasteiger partial charge is 0.257 e. The number of aromatic nitrogens is 2. The maximum atomic E-state index is 13.1. The topological polar surface area (TPSA) is 93.3 Å². The summed E-state index contributed by atoms with van der Waals surface area (Å²) in [7, 11) is 1.57. The molecule has 1 aliphatic heterocycles. The molecule has 8 heteroatoms. The van der Waals surface area contributed by atoms with Crippen LogP contribution in [0.4, 0.5) is 5.82 Å². The van der Waals surface area contributed by atoms with Crippen LogP contribution in [-0.2, 0) is 10.5 Å². The number of carbonyl (C=O) groups is 1. The number of aromatic amines is 1.